The van der Waals surface area contributed by atoms with Gasteiger partial charge in [0.1, 0.15) is 5.82 Å². The standard InChI is InChI=1S/C16H18FN3O4S/c1-12-9-14(17)6-5-13(12)11-18-7-8-19-25(23,24)16-4-2-3-15(10-16)20(21)22/h2-6,9-10,18-19H,7-8,11H2,1H3. The Labute approximate surface area is 145 Å². The zero-order valence-electron chi connectivity index (χ0n) is 13.5. The van der Waals surface area contributed by atoms with Gasteiger partial charge >= 0.3 is 0 Å². The molecule has 2 N–H and O–H groups in total. The lowest BCUT2D eigenvalue weighted by atomic mass is 10.1. The summed E-state index contributed by atoms with van der Waals surface area (Å²) >= 11 is 0. The second-order valence-corrected chi connectivity index (χ2v) is 7.17. The number of sulfonamides is 1. The second kappa shape index (κ2) is 8.15. The highest BCUT2D eigenvalue weighted by Crippen LogP contribution is 2.16. The first-order valence-corrected chi connectivity index (χ1v) is 8.98. The van der Waals surface area contributed by atoms with Gasteiger partial charge < -0.3 is 5.32 Å². The molecule has 25 heavy (non-hydrogen) atoms. The summed E-state index contributed by atoms with van der Waals surface area (Å²) in [7, 11) is -3.82. The van der Waals surface area contributed by atoms with Gasteiger partial charge in [0.25, 0.3) is 5.69 Å². The predicted molar refractivity (Wildman–Crippen MR) is 91.1 cm³/mol. The maximum atomic E-state index is 13.0. The number of halogens is 1. The van der Waals surface area contributed by atoms with Crippen LogP contribution in [0.3, 0.4) is 0 Å². The molecule has 0 heterocycles. The number of non-ortho nitro benzene ring substituents is 1. The van der Waals surface area contributed by atoms with Crippen LogP contribution in [0.5, 0.6) is 0 Å². The summed E-state index contributed by atoms with van der Waals surface area (Å²) in [6.45, 7) is 2.74. The molecule has 0 amide bonds. The quantitative estimate of drug-likeness (QED) is 0.423. The van der Waals surface area contributed by atoms with E-state index in [0.29, 0.717) is 13.1 Å². The topological polar surface area (TPSA) is 101 Å². The number of nitrogens with one attached hydrogen (secondary N) is 2. The molecule has 2 aromatic carbocycles. The fourth-order valence-corrected chi connectivity index (χ4v) is 3.27. The van der Waals surface area contributed by atoms with Gasteiger partial charge in [-0.1, -0.05) is 12.1 Å². The molecule has 0 unspecified atom stereocenters. The van der Waals surface area contributed by atoms with Crippen molar-refractivity contribution in [1.29, 1.82) is 0 Å². The van der Waals surface area contributed by atoms with Crippen molar-refractivity contribution in [1.82, 2.24) is 10.0 Å². The van der Waals surface area contributed by atoms with E-state index in [-0.39, 0.29) is 22.9 Å². The number of nitrogens with zero attached hydrogens (tertiary/aromatic N) is 1. The highest BCUT2D eigenvalue weighted by molar-refractivity contribution is 7.89. The molecule has 0 spiro atoms. The Hall–Kier alpha value is -2.36. The van der Waals surface area contributed by atoms with Crippen molar-refractivity contribution >= 4 is 15.7 Å². The van der Waals surface area contributed by atoms with Gasteiger partial charge in [0, 0.05) is 31.8 Å². The van der Waals surface area contributed by atoms with Crippen LogP contribution >= 0.6 is 0 Å². The van der Waals surface area contributed by atoms with Crippen LogP contribution in [0, 0.1) is 22.9 Å². The summed E-state index contributed by atoms with van der Waals surface area (Å²) in [5, 5.41) is 13.8. The minimum absolute atomic E-state index is 0.116. The Morgan fingerprint density at radius 1 is 1.16 bits per heavy atom. The molecule has 2 aromatic rings. The Kier molecular flexibility index (Phi) is 6.18. The van der Waals surface area contributed by atoms with Crippen molar-refractivity contribution < 1.29 is 17.7 Å². The molecule has 0 saturated heterocycles. The van der Waals surface area contributed by atoms with Crippen LogP contribution in [0.1, 0.15) is 11.1 Å². The molecule has 0 aliphatic rings. The van der Waals surface area contributed by atoms with Crippen molar-refractivity contribution in [2.75, 3.05) is 13.1 Å². The van der Waals surface area contributed by atoms with E-state index in [1.807, 2.05) is 0 Å². The average Bonchev–Trinajstić information content (AvgIpc) is 2.56. The van der Waals surface area contributed by atoms with E-state index < -0.39 is 14.9 Å². The van der Waals surface area contributed by atoms with E-state index in [9.17, 15) is 22.9 Å². The molecule has 2 rings (SSSR count). The molecule has 0 atom stereocenters. The van der Waals surface area contributed by atoms with Gasteiger partial charge in [0.2, 0.25) is 10.0 Å². The minimum Gasteiger partial charge on any atom is -0.311 e. The van der Waals surface area contributed by atoms with Gasteiger partial charge in [-0.15, -0.1) is 0 Å². The summed E-state index contributed by atoms with van der Waals surface area (Å²) in [5.74, 6) is -0.300. The highest BCUT2D eigenvalue weighted by Gasteiger charge is 2.16. The lowest BCUT2D eigenvalue weighted by Crippen LogP contribution is -2.31. The Morgan fingerprint density at radius 2 is 1.92 bits per heavy atom. The number of benzene rings is 2. The van der Waals surface area contributed by atoms with E-state index in [1.165, 1.54) is 30.3 Å². The smallest absolute Gasteiger partial charge is 0.270 e. The fraction of sp³-hybridized carbons (Fsp3) is 0.250. The number of aryl methyl sites for hydroxylation is 1. The molecule has 7 nitrogen and oxygen atoms in total. The number of nitro groups is 1. The van der Waals surface area contributed by atoms with Crippen molar-refractivity contribution in [3.05, 3.63) is 69.5 Å². The fourth-order valence-electron chi connectivity index (χ4n) is 2.20. The van der Waals surface area contributed by atoms with Gasteiger partial charge in [0.15, 0.2) is 0 Å². The summed E-state index contributed by atoms with van der Waals surface area (Å²) in [6, 6.07) is 9.33. The summed E-state index contributed by atoms with van der Waals surface area (Å²) < 4.78 is 39.7. The summed E-state index contributed by atoms with van der Waals surface area (Å²) in [4.78, 5) is 9.92. The molecule has 0 aromatic heterocycles. The SMILES string of the molecule is Cc1cc(F)ccc1CNCCNS(=O)(=O)c1cccc([N+](=O)[O-])c1. The van der Waals surface area contributed by atoms with E-state index in [1.54, 1.807) is 13.0 Å². The van der Waals surface area contributed by atoms with E-state index >= 15 is 0 Å². The van der Waals surface area contributed by atoms with Gasteiger partial charge in [-0.3, -0.25) is 10.1 Å². The Balaban J connectivity index is 1.86. The van der Waals surface area contributed by atoms with Crippen LogP contribution in [0.2, 0.25) is 0 Å². The van der Waals surface area contributed by atoms with Gasteiger partial charge in [-0.25, -0.2) is 17.5 Å². The molecule has 0 bridgehead atoms. The molecular weight excluding hydrogens is 349 g/mol. The maximum absolute atomic E-state index is 13.0. The third-order valence-corrected chi connectivity index (χ3v) is 5.01. The van der Waals surface area contributed by atoms with Gasteiger partial charge in [0.05, 0.1) is 9.82 Å². The maximum Gasteiger partial charge on any atom is 0.270 e. The largest absolute Gasteiger partial charge is 0.311 e. The van der Waals surface area contributed by atoms with Crippen molar-refractivity contribution in [2.45, 2.75) is 18.4 Å². The summed E-state index contributed by atoms with van der Waals surface area (Å²) in [6.07, 6.45) is 0. The number of rotatable bonds is 8. The van der Waals surface area contributed by atoms with Crippen LogP contribution in [0.15, 0.2) is 47.4 Å². The second-order valence-electron chi connectivity index (χ2n) is 5.40. The van der Waals surface area contributed by atoms with E-state index in [4.69, 9.17) is 0 Å². The first kappa shape index (κ1) is 19.0. The third-order valence-electron chi connectivity index (χ3n) is 3.55. The van der Waals surface area contributed by atoms with Crippen LogP contribution in [-0.4, -0.2) is 26.4 Å². The minimum atomic E-state index is -3.82. The van der Waals surface area contributed by atoms with Crippen LogP contribution in [0.4, 0.5) is 10.1 Å². The average molecular weight is 367 g/mol. The highest BCUT2D eigenvalue weighted by atomic mass is 32.2. The van der Waals surface area contributed by atoms with Crippen LogP contribution in [0.25, 0.3) is 0 Å². The normalized spacial score (nSPS) is 11.4. The zero-order chi connectivity index (χ0) is 18.4. The lowest BCUT2D eigenvalue weighted by Gasteiger charge is -2.09. The van der Waals surface area contributed by atoms with E-state index in [2.05, 4.69) is 10.0 Å². The Morgan fingerprint density at radius 3 is 2.60 bits per heavy atom. The van der Waals surface area contributed by atoms with E-state index in [0.717, 1.165) is 17.2 Å². The number of hydrogen-bond donors (Lipinski definition) is 2. The molecule has 0 aliphatic heterocycles. The molecule has 0 fully saturated rings. The van der Waals surface area contributed by atoms with Gasteiger partial charge in [-0.2, -0.15) is 0 Å². The van der Waals surface area contributed by atoms with Crippen molar-refractivity contribution in [3.8, 4) is 0 Å². The lowest BCUT2D eigenvalue weighted by molar-refractivity contribution is -0.385. The number of nitro benzene ring substituents is 1. The van der Waals surface area contributed by atoms with Gasteiger partial charge in [-0.05, 0) is 36.2 Å². The first-order valence-electron chi connectivity index (χ1n) is 7.49. The zero-order valence-corrected chi connectivity index (χ0v) is 14.3. The molecule has 134 valence electrons. The predicted octanol–water partition coefficient (Wildman–Crippen LogP) is 2.11. The molecule has 0 aliphatic carbocycles. The third kappa shape index (κ3) is 5.31. The summed E-state index contributed by atoms with van der Waals surface area (Å²) in [5.41, 5.74) is 1.44. The monoisotopic (exact) mass is 367 g/mol. The molecule has 0 radical (unpaired) electrons. The molecule has 0 saturated carbocycles. The van der Waals surface area contributed by atoms with Crippen LogP contribution in [-0.2, 0) is 16.6 Å². The number of hydrogen-bond acceptors (Lipinski definition) is 5. The first-order chi connectivity index (χ1) is 11.8. The van der Waals surface area contributed by atoms with Crippen molar-refractivity contribution in [2.24, 2.45) is 0 Å². The molecule has 9 heteroatoms. The van der Waals surface area contributed by atoms with Crippen molar-refractivity contribution in [3.63, 3.8) is 0 Å². The Bertz CT molecular complexity index is 871. The van der Waals surface area contributed by atoms with Crippen LogP contribution < -0.4 is 10.0 Å². The molecular formula is C16H18FN3O4S.